The standard InChI is InChI=1S/C19H25N3O5S2/c1-14(16-5-3-4-6-17(16)26-2)21-19(23)20-13-15-7-8-18(28-15)29(24,25)22-9-11-27-12-10-22/h3-8,14H,9-13H2,1-2H3,(H2,20,21,23). The third kappa shape index (κ3) is 5.27. The molecule has 0 radical (unpaired) electrons. The zero-order valence-corrected chi connectivity index (χ0v) is 18.0. The summed E-state index contributed by atoms with van der Waals surface area (Å²) in [4.78, 5) is 13.0. The first-order valence-corrected chi connectivity index (χ1v) is 11.5. The van der Waals surface area contributed by atoms with Gasteiger partial charge in [0.25, 0.3) is 10.0 Å². The Hall–Kier alpha value is -2.14. The monoisotopic (exact) mass is 439 g/mol. The molecule has 0 bridgehead atoms. The summed E-state index contributed by atoms with van der Waals surface area (Å²) in [7, 11) is -1.92. The zero-order valence-electron chi connectivity index (χ0n) is 16.4. The molecule has 1 aromatic carbocycles. The van der Waals surface area contributed by atoms with Crippen LogP contribution in [0, 0.1) is 0 Å². The molecule has 1 aliphatic heterocycles. The lowest BCUT2D eigenvalue weighted by molar-refractivity contribution is 0.0731. The molecule has 2 aromatic rings. The van der Waals surface area contributed by atoms with Crippen LogP contribution in [-0.4, -0.2) is 52.2 Å². The van der Waals surface area contributed by atoms with Gasteiger partial charge in [-0.25, -0.2) is 13.2 Å². The van der Waals surface area contributed by atoms with Crippen LogP contribution in [0.1, 0.15) is 23.4 Å². The molecule has 29 heavy (non-hydrogen) atoms. The van der Waals surface area contributed by atoms with Gasteiger partial charge in [0.05, 0.1) is 32.9 Å². The van der Waals surface area contributed by atoms with Crippen LogP contribution in [0.25, 0.3) is 0 Å². The molecule has 0 spiro atoms. The van der Waals surface area contributed by atoms with Crippen molar-refractivity contribution in [2.75, 3.05) is 33.4 Å². The Balaban J connectivity index is 1.56. The third-order valence-electron chi connectivity index (χ3n) is 4.58. The molecule has 1 atom stereocenters. The highest BCUT2D eigenvalue weighted by Gasteiger charge is 2.27. The number of thiophene rings is 1. The molecule has 10 heteroatoms. The topological polar surface area (TPSA) is 97.0 Å². The van der Waals surface area contributed by atoms with Gasteiger partial charge < -0.3 is 20.1 Å². The average Bonchev–Trinajstić information content (AvgIpc) is 3.23. The van der Waals surface area contributed by atoms with Crippen molar-refractivity contribution in [1.29, 1.82) is 0 Å². The lowest BCUT2D eigenvalue weighted by Gasteiger charge is -2.25. The maximum absolute atomic E-state index is 12.7. The molecule has 8 nitrogen and oxygen atoms in total. The number of ether oxygens (including phenoxy) is 2. The number of benzene rings is 1. The van der Waals surface area contributed by atoms with Gasteiger partial charge in [-0.15, -0.1) is 11.3 Å². The van der Waals surface area contributed by atoms with Crippen molar-refractivity contribution < 1.29 is 22.7 Å². The van der Waals surface area contributed by atoms with Crippen LogP contribution in [-0.2, 0) is 21.3 Å². The maximum atomic E-state index is 12.7. The van der Waals surface area contributed by atoms with E-state index in [0.29, 0.717) is 32.1 Å². The average molecular weight is 440 g/mol. The van der Waals surface area contributed by atoms with Crippen LogP contribution >= 0.6 is 11.3 Å². The minimum absolute atomic E-state index is 0.244. The highest BCUT2D eigenvalue weighted by molar-refractivity contribution is 7.91. The molecule has 3 rings (SSSR count). The minimum atomic E-state index is -3.51. The number of hydrogen-bond acceptors (Lipinski definition) is 6. The molecular weight excluding hydrogens is 414 g/mol. The number of nitrogens with one attached hydrogen (secondary N) is 2. The Kier molecular flexibility index (Phi) is 7.12. The Morgan fingerprint density at radius 3 is 2.69 bits per heavy atom. The molecule has 1 unspecified atom stereocenters. The van der Waals surface area contributed by atoms with Crippen molar-refractivity contribution in [1.82, 2.24) is 14.9 Å². The number of amides is 2. The Morgan fingerprint density at radius 2 is 1.97 bits per heavy atom. The van der Waals surface area contributed by atoms with Crippen molar-refractivity contribution >= 4 is 27.4 Å². The number of urea groups is 1. The number of hydrogen-bond donors (Lipinski definition) is 2. The van der Waals surface area contributed by atoms with Crippen LogP contribution in [0.2, 0.25) is 0 Å². The van der Waals surface area contributed by atoms with E-state index in [1.807, 2.05) is 31.2 Å². The summed E-state index contributed by atoms with van der Waals surface area (Å²) in [5.41, 5.74) is 0.875. The molecule has 1 aliphatic rings. The maximum Gasteiger partial charge on any atom is 0.315 e. The van der Waals surface area contributed by atoms with Gasteiger partial charge in [0.15, 0.2) is 0 Å². The van der Waals surface area contributed by atoms with Gasteiger partial charge in [-0.1, -0.05) is 18.2 Å². The summed E-state index contributed by atoms with van der Waals surface area (Å²) in [6, 6.07) is 10.2. The number of carbonyl (C=O) groups is 1. The van der Waals surface area contributed by atoms with Gasteiger partial charge in [-0.2, -0.15) is 4.31 Å². The van der Waals surface area contributed by atoms with Crippen molar-refractivity contribution in [3.63, 3.8) is 0 Å². The van der Waals surface area contributed by atoms with Crippen LogP contribution in [0.5, 0.6) is 5.75 Å². The van der Waals surface area contributed by atoms with E-state index in [0.717, 1.165) is 21.8 Å². The summed E-state index contributed by atoms with van der Waals surface area (Å²) in [5, 5.41) is 5.64. The summed E-state index contributed by atoms with van der Waals surface area (Å²) in [5.74, 6) is 0.705. The molecule has 0 saturated carbocycles. The van der Waals surface area contributed by atoms with Gasteiger partial charge in [-0.05, 0) is 25.1 Å². The van der Waals surface area contributed by atoms with Crippen LogP contribution < -0.4 is 15.4 Å². The number of rotatable bonds is 7. The Bertz CT molecular complexity index is 939. The quantitative estimate of drug-likeness (QED) is 0.690. The number of morpholine rings is 1. The zero-order chi connectivity index (χ0) is 20.9. The van der Waals surface area contributed by atoms with E-state index >= 15 is 0 Å². The van der Waals surface area contributed by atoms with Crippen molar-refractivity contribution in [3.8, 4) is 5.75 Å². The van der Waals surface area contributed by atoms with Gasteiger partial charge >= 0.3 is 6.03 Å². The SMILES string of the molecule is COc1ccccc1C(C)NC(=O)NCc1ccc(S(=O)(=O)N2CCOCC2)s1. The van der Waals surface area contributed by atoms with Crippen LogP contribution in [0.4, 0.5) is 4.79 Å². The van der Waals surface area contributed by atoms with E-state index < -0.39 is 10.0 Å². The fourth-order valence-electron chi connectivity index (χ4n) is 3.02. The van der Waals surface area contributed by atoms with Crippen LogP contribution in [0.3, 0.4) is 0 Å². The minimum Gasteiger partial charge on any atom is -0.496 e. The molecule has 2 amide bonds. The molecule has 1 fully saturated rings. The number of carbonyl (C=O) groups excluding carboxylic acids is 1. The molecule has 158 valence electrons. The van der Waals surface area contributed by atoms with Crippen molar-refractivity contribution in [2.45, 2.75) is 23.7 Å². The number of para-hydroxylation sites is 1. The third-order valence-corrected chi connectivity index (χ3v) is 8.03. The summed E-state index contributed by atoms with van der Waals surface area (Å²) >= 11 is 1.16. The molecule has 1 aromatic heterocycles. The van der Waals surface area contributed by atoms with E-state index in [2.05, 4.69) is 10.6 Å². The second kappa shape index (κ2) is 9.57. The summed E-state index contributed by atoms with van der Waals surface area (Å²) in [6.07, 6.45) is 0. The summed E-state index contributed by atoms with van der Waals surface area (Å²) in [6.45, 7) is 3.64. The molecular formula is C19H25N3O5S2. The van der Waals surface area contributed by atoms with E-state index in [4.69, 9.17) is 9.47 Å². The number of methoxy groups -OCH3 is 1. The van der Waals surface area contributed by atoms with Crippen LogP contribution in [0.15, 0.2) is 40.6 Å². The second-order valence-electron chi connectivity index (χ2n) is 6.53. The molecule has 2 heterocycles. The first kappa shape index (κ1) is 21.6. The Labute approximate surface area is 174 Å². The Morgan fingerprint density at radius 1 is 1.24 bits per heavy atom. The van der Waals surface area contributed by atoms with Crippen molar-refractivity contribution in [3.05, 3.63) is 46.8 Å². The van der Waals surface area contributed by atoms with Gasteiger partial charge in [0.2, 0.25) is 0 Å². The largest absolute Gasteiger partial charge is 0.496 e. The fraction of sp³-hybridized carbons (Fsp3) is 0.421. The highest BCUT2D eigenvalue weighted by Crippen LogP contribution is 2.26. The lowest BCUT2D eigenvalue weighted by atomic mass is 10.1. The smallest absolute Gasteiger partial charge is 0.315 e. The van der Waals surface area contributed by atoms with Gasteiger partial charge in [0, 0.05) is 23.5 Å². The second-order valence-corrected chi connectivity index (χ2v) is 9.86. The summed E-state index contributed by atoms with van der Waals surface area (Å²) < 4.78 is 37.6. The molecule has 1 saturated heterocycles. The first-order valence-electron chi connectivity index (χ1n) is 9.25. The van der Waals surface area contributed by atoms with E-state index in [1.165, 1.54) is 4.31 Å². The lowest BCUT2D eigenvalue weighted by Crippen LogP contribution is -2.40. The normalized spacial score (nSPS) is 16.2. The van der Waals surface area contributed by atoms with Crippen molar-refractivity contribution in [2.24, 2.45) is 0 Å². The fourth-order valence-corrected chi connectivity index (χ4v) is 5.88. The molecule has 0 aliphatic carbocycles. The van der Waals surface area contributed by atoms with Gasteiger partial charge in [0.1, 0.15) is 9.96 Å². The highest BCUT2D eigenvalue weighted by atomic mass is 32.2. The predicted octanol–water partition coefficient (Wildman–Crippen LogP) is 2.34. The van der Waals surface area contributed by atoms with E-state index in [9.17, 15) is 13.2 Å². The van der Waals surface area contributed by atoms with E-state index in [1.54, 1.807) is 19.2 Å². The van der Waals surface area contributed by atoms with Gasteiger partial charge in [-0.3, -0.25) is 0 Å². The number of nitrogens with zero attached hydrogens (tertiary/aromatic N) is 1. The number of sulfonamides is 1. The first-order chi connectivity index (χ1) is 13.9. The predicted molar refractivity (Wildman–Crippen MR) is 111 cm³/mol. The molecule has 2 N–H and O–H groups in total. The van der Waals surface area contributed by atoms with E-state index in [-0.39, 0.29) is 22.8 Å².